The van der Waals surface area contributed by atoms with Crippen LogP contribution in [0.5, 0.6) is 11.5 Å². The summed E-state index contributed by atoms with van der Waals surface area (Å²) in [4.78, 5) is 40.7. The fourth-order valence-electron chi connectivity index (χ4n) is 5.32. The molecule has 3 aliphatic rings. The second-order valence-electron chi connectivity index (χ2n) is 10.9. The van der Waals surface area contributed by atoms with Crippen LogP contribution in [0.4, 0.5) is 4.39 Å². The first-order valence-corrected chi connectivity index (χ1v) is 15.9. The first-order chi connectivity index (χ1) is 22.0. The summed E-state index contributed by atoms with van der Waals surface area (Å²) in [6, 6.07) is 22.5. The van der Waals surface area contributed by atoms with Crippen LogP contribution in [0.15, 0.2) is 95.9 Å². The number of sulfonamides is 1. The maximum Gasteiger partial charge on any atom is 0.258 e. The standard InChI is InChI=1S/C33H29FN4O7S/c34-28-13-8-23-15-27(28)32(40)37-29-17-38(33(41)21-6-11-26(12-7-21)46(35,42)43)18-30(29)45-24-9-4-20(5-10-24)16-36-31(39)19-44-25-3-1-2-22(23)14-25/h1-15,29-30H,16-19H2,(H,36,39)(H,37,40)(H2,35,42,43)/t29-,30-/m0/s1. The number of likely N-dealkylation sites (tertiary alicyclic amines) is 1. The summed E-state index contributed by atoms with van der Waals surface area (Å²) in [6.45, 7) is 0.163. The Morgan fingerprint density at radius 1 is 0.891 bits per heavy atom. The second kappa shape index (κ2) is 12.6. The summed E-state index contributed by atoms with van der Waals surface area (Å²) in [5, 5.41) is 10.8. The van der Waals surface area contributed by atoms with Crippen LogP contribution in [0.1, 0.15) is 26.3 Å². The predicted octanol–water partition coefficient (Wildman–Crippen LogP) is 2.85. The third kappa shape index (κ3) is 6.85. The number of fused-ring (bicyclic) bond motifs is 7. The van der Waals surface area contributed by atoms with Gasteiger partial charge in [0.05, 0.1) is 23.0 Å². The van der Waals surface area contributed by atoms with Gasteiger partial charge in [-0.2, -0.15) is 0 Å². The highest BCUT2D eigenvalue weighted by Gasteiger charge is 2.38. The lowest BCUT2D eigenvalue weighted by Gasteiger charge is -2.21. The number of benzene rings is 4. The van der Waals surface area contributed by atoms with E-state index < -0.39 is 39.8 Å². The van der Waals surface area contributed by atoms with Gasteiger partial charge in [-0.25, -0.2) is 17.9 Å². The van der Waals surface area contributed by atoms with Gasteiger partial charge in [-0.3, -0.25) is 14.4 Å². The number of hydrogen-bond donors (Lipinski definition) is 3. The lowest BCUT2D eigenvalue weighted by molar-refractivity contribution is -0.123. The second-order valence-corrected chi connectivity index (χ2v) is 12.5. The van der Waals surface area contributed by atoms with Crippen LogP contribution in [0.3, 0.4) is 0 Å². The third-order valence-corrected chi connectivity index (χ3v) is 8.68. The maximum atomic E-state index is 15.1. The van der Waals surface area contributed by atoms with Crippen molar-refractivity contribution in [3.63, 3.8) is 0 Å². The molecule has 4 N–H and O–H groups in total. The largest absolute Gasteiger partial charge is 0.486 e. The number of ether oxygens (including phenoxy) is 2. The Labute approximate surface area is 264 Å². The SMILES string of the molecule is NS(=O)(=O)c1ccc(C(=O)N2C[C@@H]3NC(=O)c4cc(ccc4F)-c4cccc(c4)OCC(=O)NCc4ccc(cc4)O[C@H]3C2)cc1. The van der Waals surface area contributed by atoms with Gasteiger partial charge in [-0.05, 0) is 77.4 Å². The zero-order valence-corrected chi connectivity index (χ0v) is 25.1. The van der Waals surface area contributed by atoms with E-state index in [9.17, 15) is 22.8 Å². The van der Waals surface area contributed by atoms with E-state index in [-0.39, 0.29) is 48.2 Å². The molecular weight excluding hydrogens is 615 g/mol. The van der Waals surface area contributed by atoms with Crippen molar-refractivity contribution in [2.75, 3.05) is 19.7 Å². The van der Waals surface area contributed by atoms with E-state index >= 15 is 4.39 Å². The quantitative estimate of drug-likeness (QED) is 0.303. The summed E-state index contributed by atoms with van der Waals surface area (Å²) in [7, 11) is -3.94. The van der Waals surface area contributed by atoms with Crippen LogP contribution in [0.2, 0.25) is 0 Å². The van der Waals surface area contributed by atoms with E-state index in [1.54, 1.807) is 48.5 Å². The van der Waals surface area contributed by atoms with Crippen molar-refractivity contribution in [1.82, 2.24) is 15.5 Å². The van der Waals surface area contributed by atoms with E-state index in [0.717, 1.165) is 5.56 Å². The molecule has 0 radical (unpaired) electrons. The molecule has 4 aromatic carbocycles. The van der Waals surface area contributed by atoms with E-state index in [2.05, 4.69) is 10.6 Å². The summed E-state index contributed by atoms with van der Waals surface area (Å²) >= 11 is 0. The van der Waals surface area contributed by atoms with Crippen molar-refractivity contribution < 1.29 is 36.7 Å². The van der Waals surface area contributed by atoms with Gasteiger partial charge in [0, 0.05) is 18.7 Å². The monoisotopic (exact) mass is 644 g/mol. The van der Waals surface area contributed by atoms with E-state index in [0.29, 0.717) is 22.6 Å². The van der Waals surface area contributed by atoms with Crippen molar-refractivity contribution in [1.29, 1.82) is 0 Å². The van der Waals surface area contributed by atoms with E-state index in [4.69, 9.17) is 14.6 Å². The van der Waals surface area contributed by atoms with Crippen molar-refractivity contribution in [2.24, 2.45) is 5.14 Å². The van der Waals surface area contributed by atoms with Crippen molar-refractivity contribution in [2.45, 2.75) is 23.6 Å². The maximum absolute atomic E-state index is 15.1. The van der Waals surface area contributed by atoms with Gasteiger partial charge in [0.15, 0.2) is 6.61 Å². The van der Waals surface area contributed by atoms with Crippen LogP contribution in [0.25, 0.3) is 11.1 Å². The molecule has 2 atom stereocenters. The number of hydrogen-bond acceptors (Lipinski definition) is 7. The Morgan fingerprint density at radius 2 is 1.63 bits per heavy atom. The summed E-state index contributed by atoms with van der Waals surface area (Å²) < 4.78 is 50.3. The molecule has 4 aromatic rings. The van der Waals surface area contributed by atoms with Crippen LogP contribution >= 0.6 is 0 Å². The average Bonchev–Trinajstić information content (AvgIpc) is 3.44. The molecule has 0 aromatic heterocycles. The molecule has 236 valence electrons. The van der Waals surface area contributed by atoms with Crippen LogP contribution in [-0.2, 0) is 21.4 Å². The van der Waals surface area contributed by atoms with Gasteiger partial charge in [0.25, 0.3) is 17.7 Å². The van der Waals surface area contributed by atoms with E-state index in [1.165, 1.54) is 47.4 Å². The number of carbonyl (C=O) groups excluding carboxylic acids is 3. The Balaban J connectivity index is 1.32. The third-order valence-electron chi connectivity index (χ3n) is 7.75. The molecule has 7 rings (SSSR count). The van der Waals surface area contributed by atoms with Crippen LogP contribution in [0, 0.1) is 5.82 Å². The van der Waals surface area contributed by atoms with Gasteiger partial charge < -0.3 is 25.0 Å². The summed E-state index contributed by atoms with van der Waals surface area (Å²) in [6.07, 6.45) is -0.715. The van der Waals surface area contributed by atoms with Gasteiger partial charge >= 0.3 is 0 Å². The number of halogens is 1. The van der Waals surface area contributed by atoms with Crippen molar-refractivity contribution in [3.05, 3.63) is 114 Å². The number of rotatable bonds is 2. The Morgan fingerprint density at radius 3 is 2.37 bits per heavy atom. The van der Waals surface area contributed by atoms with Crippen molar-refractivity contribution in [3.8, 4) is 22.6 Å². The molecule has 1 fully saturated rings. The minimum atomic E-state index is -3.94. The minimum Gasteiger partial charge on any atom is -0.486 e. The topological polar surface area (TPSA) is 157 Å². The van der Waals surface area contributed by atoms with Gasteiger partial charge in [0.2, 0.25) is 10.0 Å². The smallest absolute Gasteiger partial charge is 0.258 e. The highest BCUT2D eigenvalue weighted by atomic mass is 32.2. The molecular formula is C33H29FN4O7S. The molecule has 0 unspecified atom stereocenters. The number of primary sulfonamides is 1. The number of nitrogens with zero attached hydrogens (tertiary/aromatic N) is 1. The van der Waals surface area contributed by atoms with E-state index in [1.807, 2.05) is 0 Å². The van der Waals surface area contributed by atoms with Gasteiger partial charge in [-0.15, -0.1) is 0 Å². The average molecular weight is 645 g/mol. The minimum absolute atomic E-state index is 0.0387. The zero-order chi connectivity index (χ0) is 32.4. The number of nitrogens with one attached hydrogen (secondary N) is 2. The summed E-state index contributed by atoms with van der Waals surface area (Å²) in [5.41, 5.74) is 2.01. The zero-order valence-electron chi connectivity index (χ0n) is 24.3. The number of carbonyl (C=O) groups is 3. The first-order valence-electron chi connectivity index (χ1n) is 14.3. The fourth-order valence-corrected chi connectivity index (χ4v) is 5.83. The number of nitrogens with two attached hydrogens (primary N) is 1. The molecule has 3 heterocycles. The lowest BCUT2D eigenvalue weighted by Crippen LogP contribution is -2.45. The van der Waals surface area contributed by atoms with Crippen molar-refractivity contribution >= 4 is 27.7 Å². The van der Waals surface area contributed by atoms with Gasteiger partial charge in [-0.1, -0.05) is 30.3 Å². The molecule has 46 heavy (non-hydrogen) atoms. The summed E-state index contributed by atoms with van der Waals surface area (Å²) in [5.74, 6) is -1.29. The molecule has 3 amide bonds. The molecule has 0 spiro atoms. The van der Waals surface area contributed by atoms with Gasteiger partial charge in [0.1, 0.15) is 23.4 Å². The van der Waals surface area contributed by atoms with Crippen LogP contribution < -0.4 is 25.2 Å². The molecule has 0 saturated carbocycles. The Kier molecular flexibility index (Phi) is 8.43. The normalized spacial score (nSPS) is 18.4. The fraction of sp³-hybridized carbons (Fsp3) is 0.182. The highest BCUT2D eigenvalue weighted by Crippen LogP contribution is 2.27. The Bertz CT molecular complexity index is 1920. The molecule has 1 saturated heterocycles. The molecule has 0 aliphatic carbocycles. The lowest BCUT2D eigenvalue weighted by atomic mass is 10.0. The molecule has 3 aliphatic heterocycles. The van der Waals surface area contributed by atoms with Crippen LogP contribution in [-0.4, -0.2) is 62.9 Å². The molecule has 6 bridgehead atoms. The Hall–Kier alpha value is -5.27. The highest BCUT2D eigenvalue weighted by molar-refractivity contribution is 7.89. The molecule has 11 nitrogen and oxygen atoms in total. The molecule has 13 heteroatoms. The predicted molar refractivity (Wildman–Crippen MR) is 165 cm³/mol. The number of amides is 3. The first kappa shape index (κ1) is 30.7.